The molecule has 0 saturated carbocycles. The maximum Gasteiger partial charge on any atom is 0.227 e. The summed E-state index contributed by atoms with van der Waals surface area (Å²) >= 11 is 0. The van der Waals surface area contributed by atoms with Gasteiger partial charge in [-0.1, -0.05) is 6.92 Å². The Morgan fingerprint density at radius 3 is 3.10 bits per heavy atom. The summed E-state index contributed by atoms with van der Waals surface area (Å²) in [6.07, 6.45) is 4.58. The number of methoxy groups -OCH3 is 1. The van der Waals surface area contributed by atoms with Gasteiger partial charge in [-0.2, -0.15) is 0 Å². The van der Waals surface area contributed by atoms with Crippen LogP contribution in [0.2, 0.25) is 0 Å². The summed E-state index contributed by atoms with van der Waals surface area (Å²) in [6.45, 7) is 4.38. The van der Waals surface area contributed by atoms with E-state index in [2.05, 4.69) is 22.5 Å². The molecule has 0 spiro atoms. The van der Waals surface area contributed by atoms with Gasteiger partial charge in [0.25, 0.3) is 0 Å². The first kappa shape index (κ1) is 14.8. The van der Waals surface area contributed by atoms with Gasteiger partial charge in [0.1, 0.15) is 0 Å². The Labute approximate surface area is 120 Å². The molecule has 1 amide bonds. The number of rotatable bonds is 5. The van der Waals surface area contributed by atoms with Crippen LogP contribution in [0.5, 0.6) is 5.88 Å². The Balaban J connectivity index is 1.96. The van der Waals surface area contributed by atoms with Crippen LogP contribution in [0.25, 0.3) is 0 Å². The van der Waals surface area contributed by atoms with E-state index in [1.807, 2.05) is 12.1 Å². The summed E-state index contributed by atoms with van der Waals surface area (Å²) in [6, 6.07) is 3.73. The number of nitrogens with one attached hydrogen (secondary N) is 2. The number of hydrogen-bond donors (Lipinski definition) is 2. The Morgan fingerprint density at radius 1 is 1.60 bits per heavy atom. The highest BCUT2D eigenvalue weighted by atomic mass is 16.5. The lowest BCUT2D eigenvalue weighted by atomic mass is 9.77. The van der Waals surface area contributed by atoms with Gasteiger partial charge in [-0.3, -0.25) is 4.79 Å². The van der Waals surface area contributed by atoms with Crippen LogP contribution in [-0.4, -0.2) is 31.1 Å². The lowest BCUT2D eigenvalue weighted by Crippen LogP contribution is -2.50. The van der Waals surface area contributed by atoms with E-state index in [0.29, 0.717) is 12.4 Å². The van der Waals surface area contributed by atoms with Crippen LogP contribution in [0, 0.1) is 5.41 Å². The molecule has 1 aliphatic rings. The van der Waals surface area contributed by atoms with Gasteiger partial charge in [-0.15, -0.1) is 0 Å². The molecule has 5 heteroatoms. The van der Waals surface area contributed by atoms with Crippen LogP contribution in [0.4, 0.5) is 0 Å². The zero-order valence-electron chi connectivity index (χ0n) is 12.2. The summed E-state index contributed by atoms with van der Waals surface area (Å²) < 4.78 is 5.09. The number of aromatic nitrogens is 1. The minimum absolute atomic E-state index is 0.142. The molecule has 0 aliphatic carbocycles. The molecule has 5 nitrogen and oxygen atoms in total. The van der Waals surface area contributed by atoms with Crippen molar-refractivity contribution in [2.75, 3.05) is 20.2 Å². The van der Waals surface area contributed by atoms with Crippen LogP contribution in [-0.2, 0) is 11.3 Å². The molecule has 2 heterocycles. The molecule has 2 rings (SSSR count). The minimum atomic E-state index is -0.255. The van der Waals surface area contributed by atoms with E-state index in [1.165, 1.54) is 0 Å². The molecule has 2 N–H and O–H groups in total. The first-order valence-corrected chi connectivity index (χ1v) is 7.18. The molecule has 1 aromatic heterocycles. The first-order valence-electron chi connectivity index (χ1n) is 7.18. The van der Waals surface area contributed by atoms with Gasteiger partial charge < -0.3 is 15.4 Å². The van der Waals surface area contributed by atoms with E-state index in [4.69, 9.17) is 4.74 Å². The zero-order chi connectivity index (χ0) is 14.4. The molecular formula is C15H23N3O2. The molecule has 1 aliphatic heterocycles. The van der Waals surface area contributed by atoms with Crippen LogP contribution in [0.3, 0.4) is 0 Å². The lowest BCUT2D eigenvalue weighted by molar-refractivity contribution is -0.132. The maximum absolute atomic E-state index is 12.5. The topological polar surface area (TPSA) is 63.2 Å². The quantitative estimate of drug-likeness (QED) is 0.856. The van der Waals surface area contributed by atoms with Crippen LogP contribution < -0.4 is 15.4 Å². The molecule has 1 unspecified atom stereocenters. The van der Waals surface area contributed by atoms with Crippen molar-refractivity contribution in [2.45, 2.75) is 32.7 Å². The van der Waals surface area contributed by atoms with Crippen molar-refractivity contribution in [2.24, 2.45) is 5.41 Å². The first-order chi connectivity index (χ1) is 9.70. The number of hydrogen-bond acceptors (Lipinski definition) is 4. The van der Waals surface area contributed by atoms with E-state index in [0.717, 1.165) is 37.9 Å². The van der Waals surface area contributed by atoms with Crippen molar-refractivity contribution in [1.82, 2.24) is 15.6 Å². The lowest BCUT2D eigenvalue weighted by Gasteiger charge is -2.35. The number of nitrogens with zero attached hydrogens (tertiary/aromatic N) is 1. The van der Waals surface area contributed by atoms with E-state index >= 15 is 0 Å². The molecule has 1 atom stereocenters. The fourth-order valence-electron chi connectivity index (χ4n) is 2.67. The van der Waals surface area contributed by atoms with Crippen molar-refractivity contribution in [3.05, 3.63) is 23.9 Å². The van der Waals surface area contributed by atoms with E-state index in [1.54, 1.807) is 13.3 Å². The third-order valence-electron chi connectivity index (χ3n) is 4.09. The third kappa shape index (κ3) is 3.28. The van der Waals surface area contributed by atoms with Gasteiger partial charge >= 0.3 is 0 Å². The molecule has 0 bridgehead atoms. The predicted molar refractivity (Wildman–Crippen MR) is 77.5 cm³/mol. The Morgan fingerprint density at radius 2 is 2.45 bits per heavy atom. The number of carbonyl (C=O) groups is 1. The van der Waals surface area contributed by atoms with Crippen molar-refractivity contribution >= 4 is 5.91 Å². The second-order valence-corrected chi connectivity index (χ2v) is 5.30. The summed E-state index contributed by atoms with van der Waals surface area (Å²) in [5.74, 6) is 0.712. The summed E-state index contributed by atoms with van der Waals surface area (Å²) in [4.78, 5) is 16.5. The second-order valence-electron chi connectivity index (χ2n) is 5.30. The average molecular weight is 277 g/mol. The number of amides is 1. The molecule has 1 aromatic rings. The molecule has 110 valence electrons. The van der Waals surface area contributed by atoms with E-state index in [9.17, 15) is 4.79 Å². The fourth-order valence-corrected chi connectivity index (χ4v) is 2.67. The zero-order valence-corrected chi connectivity index (χ0v) is 12.2. The molecule has 0 aromatic carbocycles. The Bertz CT molecular complexity index is 456. The number of carbonyl (C=O) groups excluding carboxylic acids is 1. The minimum Gasteiger partial charge on any atom is -0.481 e. The molecular weight excluding hydrogens is 254 g/mol. The second kappa shape index (κ2) is 6.70. The number of piperidine rings is 1. The summed E-state index contributed by atoms with van der Waals surface area (Å²) in [5.41, 5.74) is 0.746. The summed E-state index contributed by atoms with van der Waals surface area (Å²) in [7, 11) is 1.59. The predicted octanol–water partition coefficient (Wildman–Crippen LogP) is 1.49. The van der Waals surface area contributed by atoms with Gasteiger partial charge in [0.2, 0.25) is 11.8 Å². The number of pyridine rings is 1. The van der Waals surface area contributed by atoms with Crippen molar-refractivity contribution < 1.29 is 9.53 Å². The molecule has 0 radical (unpaired) electrons. The van der Waals surface area contributed by atoms with E-state index in [-0.39, 0.29) is 11.3 Å². The van der Waals surface area contributed by atoms with Crippen LogP contribution >= 0.6 is 0 Å². The van der Waals surface area contributed by atoms with Crippen LogP contribution in [0.1, 0.15) is 31.7 Å². The fraction of sp³-hybridized carbons (Fsp3) is 0.600. The molecule has 1 saturated heterocycles. The Kier molecular flexibility index (Phi) is 4.95. The highest BCUT2D eigenvalue weighted by molar-refractivity contribution is 5.83. The SMILES string of the molecule is CCC1(C(=O)NCc2ccnc(OC)c2)CCCNC1. The summed E-state index contributed by atoms with van der Waals surface area (Å²) in [5, 5.41) is 6.38. The molecule has 1 fully saturated rings. The largest absolute Gasteiger partial charge is 0.481 e. The standard InChI is InChI=1S/C15H23N3O2/c1-3-15(6-4-7-16-11-15)14(19)18-10-12-5-8-17-13(9-12)20-2/h5,8-9,16H,3-4,6-7,10-11H2,1-2H3,(H,18,19). The van der Waals surface area contributed by atoms with Crippen molar-refractivity contribution in [1.29, 1.82) is 0 Å². The smallest absolute Gasteiger partial charge is 0.227 e. The van der Waals surface area contributed by atoms with E-state index < -0.39 is 0 Å². The highest BCUT2D eigenvalue weighted by Gasteiger charge is 2.37. The Hall–Kier alpha value is -1.62. The maximum atomic E-state index is 12.5. The van der Waals surface area contributed by atoms with Gasteiger partial charge in [-0.05, 0) is 37.4 Å². The van der Waals surface area contributed by atoms with Gasteiger partial charge in [0, 0.05) is 25.4 Å². The van der Waals surface area contributed by atoms with Gasteiger partial charge in [-0.25, -0.2) is 4.98 Å². The highest BCUT2D eigenvalue weighted by Crippen LogP contribution is 2.30. The third-order valence-corrected chi connectivity index (χ3v) is 4.09. The van der Waals surface area contributed by atoms with Crippen molar-refractivity contribution in [3.8, 4) is 5.88 Å². The molecule has 20 heavy (non-hydrogen) atoms. The number of ether oxygens (including phenoxy) is 1. The monoisotopic (exact) mass is 277 g/mol. The normalized spacial score (nSPS) is 22.3. The van der Waals surface area contributed by atoms with Gasteiger partial charge in [0.05, 0.1) is 12.5 Å². The average Bonchev–Trinajstić information content (AvgIpc) is 2.53. The van der Waals surface area contributed by atoms with Gasteiger partial charge in [0.15, 0.2) is 0 Å². The van der Waals surface area contributed by atoms with Crippen molar-refractivity contribution in [3.63, 3.8) is 0 Å². The van der Waals surface area contributed by atoms with Crippen LogP contribution in [0.15, 0.2) is 18.3 Å².